The summed E-state index contributed by atoms with van der Waals surface area (Å²) < 4.78 is 73.2. The van der Waals surface area contributed by atoms with E-state index in [-0.39, 0.29) is 45.4 Å². The summed E-state index contributed by atoms with van der Waals surface area (Å²) in [7, 11) is -0.588. The second-order valence-corrected chi connectivity index (χ2v) is 9.49. The smallest absolute Gasteiger partial charge is 0.327 e. The number of ether oxygens (including phenoxy) is 3. The molecule has 0 saturated heterocycles. The van der Waals surface area contributed by atoms with E-state index in [0.29, 0.717) is 4.31 Å². The second-order valence-electron chi connectivity index (χ2n) is 7.68. The molecule has 36 heavy (non-hydrogen) atoms. The zero-order valence-electron chi connectivity index (χ0n) is 20.0. The lowest BCUT2D eigenvalue weighted by atomic mass is 10.0. The van der Waals surface area contributed by atoms with Crippen LogP contribution >= 0.6 is 0 Å². The first-order valence-electron chi connectivity index (χ1n) is 10.6. The molecule has 0 aliphatic carbocycles. The van der Waals surface area contributed by atoms with Crippen LogP contribution in [0.1, 0.15) is 18.1 Å². The highest BCUT2D eigenvalue weighted by Crippen LogP contribution is 2.40. The molecule has 0 saturated carbocycles. The molecule has 8 nitrogen and oxygen atoms in total. The van der Waals surface area contributed by atoms with Crippen molar-refractivity contribution in [2.75, 3.05) is 25.6 Å². The van der Waals surface area contributed by atoms with Gasteiger partial charge in [-0.25, -0.2) is 26.3 Å². The maximum Gasteiger partial charge on any atom is 0.327 e. The Labute approximate surface area is 207 Å². The van der Waals surface area contributed by atoms with Gasteiger partial charge in [-0.3, -0.25) is 0 Å². The van der Waals surface area contributed by atoms with Gasteiger partial charge < -0.3 is 19.3 Å². The summed E-state index contributed by atoms with van der Waals surface area (Å²) in [5.41, 5.74) is -0.332. The molecule has 0 amide bonds. The number of aliphatic carboxylic acids is 1. The van der Waals surface area contributed by atoms with Crippen LogP contribution in [0.5, 0.6) is 17.2 Å². The van der Waals surface area contributed by atoms with E-state index in [1.54, 1.807) is 0 Å². The standard InChI is InChI=1S/C25H25F2NO7S/c1-15(25(29)30)28(36(31,32)17-11-12-21(33-2)23(14-17)35-4)24-16(7-5-10-22(24)34-3)13-18-19(26)8-6-9-20(18)27/h5-12,14-15H,13H2,1-4H3,(H,29,30)/t15-/m1/s1. The summed E-state index contributed by atoms with van der Waals surface area (Å²) in [6, 6.07) is 9.95. The lowest BCUT2D eigenvalue weighted by Crippen LogP contribution is -2.44. The largest absolute Gasteiger partial charge is 0.495 e. The number of hydrogen-bond acceptors (Lipinski definition) is 6. The van der Waals surface area contributed by atoms with Crippen molar-refractivity contribution < 1.29 is 41.3 Å². The summed E-state index contributed by atoms with van der Waals surface area (Å²) in [5.74, 6) is -2.74. The van der Waals surface area contributed by atoms with E-state index in [9.17, 15) is 27.1 Å². The Bertz CT molecular complexity index is 1360. The molecule has 192 valence electrons. The van der Waals surface area contributed by atoms with Gasteiger partial charge in [0.2, 0.25) is 0 Å². The van der Waals surface area contributed by atoms with Crippen molar-refractivity contribution in [2.24, 2.45) is 0 Å². The van der Waals surface area contributed by atoms with Crippen LogP contribution in [0.3, 0.4) is 0 Å². The highest BCUT2D eigenvalue weighted by molar-refractivity contribution is 7.93. The van der Waals surface area contributed by atoms with Crippen molar-refractivity contribution in [3.05, 3.63) is 77.4 Å². The number of methoxy groups -OCH3 is 3. The van der Waals surface area contributed by atoms with Crippen LogP contribution in [0.15, 0.2) is 59.5 Å². The molecule has 0 heterocycles. The van der Waals surface area contributed by atoms with Crippen molar-refractivity contribution in [2.45, 2.75) is 24.3 Å². The van der Waals surface area contributed by atoms with Crippen LogP contribution in [-0.2, 0) is 21.2 Å². The number of rotatable bonds is 10. The Morgan fingerprint density at radius 3 is 2.06 bits per heavy atom. The minimum absolute atomic E-state index is 0.00130. The minimum atomic E-state index is -4.57. The second kappa shape index (κ2) is 10.8. The predicted octanol–water partition coefficient (Wildman–Crippen LogP) is 4.25. The number of carboxylic acid groups (broad SMARTS) is 1. The Balaban J connectivity index is 2.30. The van der Waals surface area contributed by atoms with Crippen LogP contribution < -0.4 is 18.5 Å². The Hall–Kier alpha value is -3.86. The molecule has 0 aliphatic heterocycles. The van der Waals surface area contributed by atoms with E-state index in [1.807, 2.05) is 0 Å². The molecule has 3 aromatic rings. The van der Waals surface area contributed by atoms with E-state index < -0.39 is 33.7 Å². The first kappa shape index (κ1) is 26.7. The highest BCUT2D eigenvalue weighted by Gasteiger charge is 2.37. The SMILES string of the molecule is COc1ccc(S(=O)(=O)N(c2c(Cc3c(F)cccc3F)cccc2OC)[C@H](C)C(=O)O)cc1OC. The Kier molecular flexibility index (Phi) is 8.03. The van der Waals surface area contributed by atoms with Crippen LogP contribution in [0.25, 0.3) is 0 Å². The van der Waals surface area contributed by atoms with Crippen molar-refractivity contribution in [1.82, 2.24) is 0 Å². The molecular formula is C25H25F2NO7S. The fourth-order valence-electron chi connectivity index (χ4n) is 3.73. The zero-order chi connectivity index (χ0) is 26.6. The normalized spacial score (nSPS) is 12.1. The van der Waals surface area contributed by atoms with Crippen LogP contribution in [0, 0.1) is 11.6 Å². The van der Waals surface area contributed by atoms with Gasteiger partial charge in [0, 0.05) is 18.1 Å². The van der Waals surface area contributed by atoms with Gasteiger partial charge in [-0.1, -0.05) is 18.2 Å². The molecule has 0 bridgehead atoms. The first-order chi connectivity index (χ1) is 17.1. The molecule has 0 unspecified atom stereocenters. The van der Waals surface area contributed by atoms with Gasteiger partial charge in [-0.2, -0.15) is 0 Å². The summed E-state index contributed by atoms with van der Waals surface area (Å²) in [5, 5.41) is 9.83. The van der Waals surface area contributed by atoms with E-state index in [4.69, 9.17) is 14.2 Å². The number of nitrogens with zero attached hydrogens (tertiary/aromatic N) is 1. The Morgan fingerprint density at radius 1 is 0.917 bits per heavy atom. The monoisotopic (exact) mass is 521 g/mol. The molecular weight excluding hydrogens is 496 g/mol. The molecule has 0 radical (unpaired) electrons. The van der Waals surface area contributed by atoms with Crippen LogP contribution in [0.2, 0.25) is 0 Å². The fourth-order valence-corrected chi connectivity index (χ4v) is 5.41. The lowest BCUT2D eigenvalue weighted by Gasteiger charge is -2.31. The van der Waals surface area contributed by atoms with Crippen molar-refractivity contribution in [3.8, 4) is 17.2 Å². The number of anilines is 1. The van der Waals surface area contributed by atoms with Crippen LogP contribution in [0.4, 0.5) is 14.5 Å². The topological polar surface area (TPSA) is 102 Å². The molecule has 1 atom stereocenters. The number of hydrogen-bond donors (Lipinski definition) is 1. The van der Waals surface area contributed by atoms with Gasteiger partial charge >= 0.3 is 5.97 Å². The molecule has 0 aliphatic rings. The van der Waals surface area contributed by atoms with Gasteiger partial charge in [0.05, 0.1) is 31.9 Å². The number of carboxylic acids is 1. The number of para-hydroxylation sites is 1. The Morgan fingerprint density at radius 2 is 1.50 bits per heavy atom. The van der Waals surface area contributed by atoms with Crippen LogP contribution in [-0.4, -0.2) is 46.9 Å². The molecule has 1 N–H and O–H groups in total. The number of sulfonamides is 1. The van der Waals surface area contributed by atoms with Crippen molar-refractivity contribution in [3.63, 3.8) is 0 Å². The molecule has 3 rings (SSSR count). The number of benzene rings is 3. The van der Waals surface area contributed by atoms with Gasteiger partial charge in [-0.15, -0.1) is 0 Å². The lowest BCUT2D eigenvalue weighted by molar-refractivity contribution is -0.137. The first-order valence-corrected chi connectivity index (χ1v) is 12.1. The zero-order valence-corrected chi connectivity index (χ0v) is 20.8. The third-order valence-corrected chi connectivity index (χ3v) is 7.44. The van der Waals surface area contributed by atoms with Gasteiger partial charge in [0.15, 0.2) is 11.5 Å². The molecule has 0 aromatic heterocycles. The fraction of sp³-hybridized carbons (Fsp3) is 0.240. The van der Waals surface area contributed by atoms with E-state index in [1.165, 1.54) is 70.7 Å². The van der Waals surface area contributed by atoms with E-state index >= 15 is 0 Å². The maximum absolute atomic E-state index is 14.5. The number of halogens is 2. The third-order valence-electron chi connectivity index (χ3n) is 5.57. The van der Waals surface area contributed by atoms with E-state index in [2.05, 4.69) is 0 Å². The third kappa shape index (κ3) is 5.06. The average molecular weight is 522 g/mol. The summed E-state index contributed by atoms with van der Waals surface area (Å²) >= 11 is 0. The molecule has 3 aromatic carbocycles. The summed E-state index contributed by atoms with van der Waals surface area (Å²) in [6.45, 7) is 1.18. The van der Waals surface area contributed by atoms with Gasteiger partial charge in [0.1, 0.15) is 23.4 Å². The molecule has 0 fully saturated rings. The quantitative estimate of drug-likeness (QED) is 0.426. The predicted molar refractivity (Wildman–Crippen MR) is 128 cm³/mol. The van der Waals surface area contributed by atoms with Crippen molar-refractivity contribution in [1.29, 1.82) is 0 Å². The van der Waals surface area contributed by atoms with Crippen molar-refractivity contribution >= 4 is 21.7 Å². The van der Waals surface area contributed by atoms with Gasteiger partial charge in [-0.05, 0) is 42.8 Å². The minimum Gasteiger partial charge on any atom is -0.495 e. The number of carbonyl (C=O) groups is 1. The van der Waals surface area contributed by atoms with Gasteiger partial charge in [0.25, 0.3) is 10.0 Å². The average Bonchev–Trinajstić information content (AvgIpc) is 2.86. The molecule has 11 heteroatoms. The summed E-state index contributed by atoms with van der Waals surface area (Å²) in [4.78, 5) is 11.8. The van der Waals surface area contributed by atoms with E-state index in [0.717, 1.165) is 12.1 Å². The maximum atomic E-state index is 14.5. The summed E-state index contributed by atoms with van der Waals surface area (Å²) in [6.07, 6.45) is -0.366. The highest BCUT2D eigenvalue weighted by atomic mass is 32.2. The molecule has 0 spiro atoms.